The molecule has 132 valence electrons. The summed E-state index contributed by atoms with van der Waals surface area (Å²) in [4.78, 5) is 4.32. The second-order valence-electron chi connectivity index (χ2n) is 6.77. The maximum Gasteiger partial charge on any atom is 0.291 e. The van der Waals surface area contributed by atoms with Gasteiger partial charge in [-0.1, -0.05) is 26.0 Å². The highest BCUT2D eigenvalue weighted by Crippen LogP contribution is 2.31. The van der Waals surface area contributed by atoms with Crippen LogP contribution >= 0.6 is 0 Å². The first-order valence-electron chi connectivity index (χ1n) is 8.44. The smallest absolute Gasteiger partial charge is 0.291 e. The summed E-state index contributed by atoms with van der Waals surface area (Å²) < 4.78 is 21.1. The quantitative estimate of drug-likeness (QED) is 0.757. The lowest BCUT2D eigenvalue weighted by Gasteiger charge is -2.28. The molecule has 0 saturated carbocycles. The van der Waals surface area contributed by atoms with E-state index in [1.54, 1.807) is 6.07 Å². The van der Waals surface area contributed by atoms with Crippen LogP contribution in [0.3, 0.4) is 0 Å². The molecule has 0 aliphatic carbocycles. The highest BCUT2D eigenvalue weighted by molar-refractivity contribution is 5.84. The first-order valence-corrected chi connectivity index (χ1v) is 8.44. The molecule has 1 aromatic carbocycles. The Kier molecular flexibility index (Phi) is 3.81. The molecular formula is C17H20FN5O2. The van der Waals surface area contributed by atoms with Gasteiger partial charge in [0.2, 0.25) is 0 Å². The number of nitrogens with one attached hydrogen (secondary N) is 1. The molecule has 1 fully saturated rings. The number of hydrogen-bond donors (Lipinski definition) is 2. The molecule has 0 bridgehead atoms. The highest BCUT2D eigenvalue weighted by Gasteiger charge is 2.37. The molecule has 0 amide bonds. The molecule has 3 heterocycles. The van der Waals surface area contributed by atoms with Crippen LogP contribution in [0, 0.1) is 5.82 Å². The highest BCUT2D eigenvalue weighted by atomic mass is 19.1. The number of hydrogen-bond acceptors (Lipinski definition) is 6. The van der Waals surface area contributed by atoms with Crippen molar-refractivity contribution in [1.82, 2.24) is 25.2 Å². The summed E-state index contributed by atoms with van der Waals surface area (Å²) in [5.74, 6) is -0.00611. The van der Waals surface area contributed by atoms with Crippen molar-refractivity contribution in [2.75, 3.05) is 13.1 Å². The molecule has 0 atom stereocenters. The number of piperidine rings is 1. The van der Waals surface area contributed by atoms with Gasteiger partial charge < -0.3 is 14.9 Å². The molecule has 25 heavy (non-hydrogen) atoms. The molecule has 0 radical (unpaired) electrons. The van der Waals surface area contributed by atoms with E-state index in [4.69, 9.17) is 4.52 Å². The monoisotopic (exact) mass is 345 g/mol. The van der Waals surface area contributed by atoms with E-state index >= 15 is 0 Å². The Bertz CT molecular complexity index is 911. The molecule has 8 heteroatoms. The normalized spacial score (nSPS) is 17.5. The van der Waals surface area contributed by atoms with Gasteiger partial charge in [-0.15, -0.1) is 0 Å². The van der Waals surface area contributed by atoms with Crippen LogP contribution in [0.5, 0.6) is 0 Å². The first kappa shape index (κ1) is 16.2. The number of para-hydroxylation sites is 1. The average Bonchev–Trinajstić information content (AvgIpc) is 3.21. The third-order valence-electron chi connectivity index (χ3n) is 4.66. The van der Waals surface area contributed by atoms with Gasteiger partial charge in [0.25, 0.3) is 11.8 Å². The van der Waals surface area contributed by atoms with Crippen LogP contribution in [0.25, 0.3) is 16.9 Å². The molecule has 2 N–H and O–H groups in total. The van der Waals surface area contributed by atoms with Gasteiger partial charge in [-0.2, -0.15) is 14.8 Å². The maximum absolute atomic E-state index is 14.4. The number of benzene rings is 1. The number of halogens is 1. The van der Waals surface area contributed by atoms with Crippen LogP contribution in [-0.4, -0.2) is 38.1 Å². The van der Waals surface area contributed by atoms with Crippen LogP contribution in [0.2, 0.25) is 0 Å². The van der Waals surface area contributed by atoms with E-state index in [-0.39, 0.29) is 17.8 Å². The van der Waals surface area contributed by atoms with E-state index in [1.165, 1.54) is 10.7 Å². The molecule has 0 spiro atoms. The second-order valence-corrected chi connectivity index (χ2v) is 6.77. The van der Waals surface area contributed by atoms with Crippen molar-refractivity contribution in [3.8, 4) is 5.95 Å². The third kappa shape index (κ3) is 2.61. The van der Waals surface area contributed by atoms with E-state index in [2.05, 4.69) is 20.6 Å². The van der Waals surface area contributed by atoms with Crippen molar-refractivity contribution >= 4 is 10.9 Å². The Balaban J connectivity index is 1.83. The van der Waals surface area contributed by atoms with Gasteiger partial charge in [0.1, 0.15) is 16.9 Å². The predicted molar refractivity (Wildman–Crippen MR) is 89.0 cm³/mol. The van der Waals surface area contributed by atoms with Gasteiger partial charge in [-0.25, -0.2) is 4.39 Å². The average molecular weight is 345 g/mol. The van der Waals surface area contributed by atoms with E-state index < -0.39 is 11.4 Å². The minimum absolute atomic E-state index is 0.116. The molecule has 1 aliphatic rings. The van der Waals surface area contributed by atoms with Crippen LogP contribution in [0.4, 0.5) is 4.39 Å². The number of rotatable bonds is 3. The fourth-order valence-corrected chi connectivity index (χ4v) is 3.27. The zero-order valence-corrected chi connectivity index (χ0v) is 14.2. The van der Waals surface area contributed by atoms with Gasteiger partial charge >= 0.3 is 0 Å². The van der Waals surface area contributed by atoms with Crippen LogP contribution < -0.4 is 5.32 Å². The van der Waals surface area contributed by atoms with E-state index in [0.29, 0.717) is 31.4 Å². The van der Waals surface area contributed by atoms with E-state index in [9.17, 15) is 9.50 Å². The van der Waals surface area contributed by atoms with Crippen molar-refractivity contribution in [2.45, 2.75) is 38.2 Å². The fraction of sp³-hybridized carbons (Fsp3) is 0.471. The Hall–Kier alpha value is -2.32. The molecule has 7 nitrogen and oxygen atoms in total. The lowest BCUT2D eigenvalue weighted by Crippen LogP contribution is -2.39. The molecular weight excluding hydrogens is 325 g/mol. The van der Waals surface area contributed by atoms with Crippen LogP contribution in [0.1, 0.15) is 44.2 Å². The van der Waals surface area contributed by atoms with Gasteiger partial charge in [-0.3, -0.25) is 0 Å². The van der Waals surface area contributed by atoms with E-state index in [0.717, 1.165) is 11.1 Å². The topological polar surface area (TPSA) is 89.0 Å². The van der Waals surface area contributed by atoms with Gasteiger partial charge in [0, 0.05) is 5.39 Å². The summed E-state index contributed by atoms with van der Waals surface area (Å²) in [6.07, 6.45) is 0.972. The second kappa shape index (κ2) is 5.89. The molecule has 0 unspecified atom stereocenters. The summed E-state index contributed by atoms with van der Waals surface area (Å²) in [5, 5.41) is 23.1. The maximum atomic E-state index is 14.4. The molecule has 3 aromatic rings. The van der Waals surface area contributed by atoms with E-state index in [1.807, 2.05) is 19.9 Å². The minimum atomic E-state index is -1.15. The zero-order valence-electron chi connectivity index (χ0n) is 14.2. The first-order chi connectivity index (χ1) is 12.0. The fourth-order valence-electron chi connectivity index (χ4n) is 3.27. The van der Waals surface area contributed by atoms with Crippen molar-refractivity contribution in [3.63, 3.8) is 0 Å². The molecule has 2 aromatic heterocycles. The predicted octanol–water partition coefficient (Wildman–Crippen LogP) is 2.24. The van der Waals surface area contributed by atoms with Gasteiger partial charge in [0.15, 0.2) is 0 Å². The summed E-state index contributed by atoms with van der Waals surface area (Å²) in [6, 6.07) is 4.87. The number of aromatic nitrogens is 4. The van der Waals surface area contributed by atoms with Crippen molar-refractivity contribution in [2.24, 2.45) is 0 Å². The van der Waals surface area contributed by atoms with Gasteiger partial charge in [-0.05, 0) is 43.1 Å². The zero-order chi connectivity index (χ0) is 17.6. The summed E-state index contributed by atoms with van der Waals surface area (Å²) >= 11 is 0. The van der Waals surface area contributed by atoms with Crippen LogP contribution in [0.15, 0.2) is 22.7 Å². The molecule has 1 saturated heterocycles. The summed E-state index contributed by atoms with van der Waals surface area (Å²) in [6.45, 7) is 5.34. The number of fused-ring (bicyclic) bond motifs is 1. The molecule has 4 rings (SSSR count). The van der Waals surface area contributed by atoms with Crippen molar-refractivity contribution < 1.29 is 14.0 Å². The Morgan fingerprint density at radius 2 is 2.08 bits per heavy atom. The minimum Gasteiger partial charge on any atom is -0.380 e. The van der Waals surface area contributed by atoms with Gasteiger partial charge in [0.05, 0.1) is 5.69 Å². The standard InChI is InChI=1S/C17H20FN5O2/c1-10(2)13-11-4-3-5-12(18)14(11)23(21-13)16-20-15(25-22-16)17(24)6-8-19-9-7-17/h3-5,10,19,24H,6-9H2,1-2H3. The van der Waals surface area contributed by atoms with Crippen molar-refractivity contribution in [3.05, 3.63) is 35.6 Å². The Morgan fingerprint density at radius 1 is 1.32 bits per heavy atom. The summed E-state index contributed by atoms with van der Waals surface area (Å²) in [5.41, 5.74) is -0.0731. The summed E-state index contributed by atoms with van der Waals surface area (Å²) in [7, 11) is 0. The molecule has 1 aliphatic heterocycles. The lowest BCUT2D eigenvalue weighted by molar-refractivity contribution is -0.0228. The Morgan fingerprint density at radius 3 is 2.80 bits per heavy atom. The Labute approximate surface area is 143 Å². The SMILES string of the molecule is CC(C)c1nn(-c2noc(C3(O)CCNCC3)n2)c2c(F)cccc12. The van der Waals surface area contributed by atoms with Crippen molar-refractivity contribution in [1.29, 1.82) is 0 Å². The lowest BCUT2D eigenvalue weighted by atomic mass is 9.92. The third-order valence-corrected chi connectivity index (χ3v) is 4.66. The number of aliphatic hydroxyl groups is 1. The van der Waals surface area contributed by atoms with Crippen LogP contribution in [-0.2, 0) is 5.60 Å². The number of nitrogens with zero attached hydrogens (tertiary/aromatic N) is 4. The largest absolute Gasteiger partial charge is 0.380 e.